The molecule has 0 unspecified atom stereocenters. The number of halogens is 1. The number of benzene rings is 2. The van der Waals surface area contributed by atoms with Crippen LogP contribution in [0, 0.1) is 10.1 Å². The van der Waals surface area contributed by atoms with Gasteiger partial charge >= 0.3 is 5.69 Å². The number of rotatable bonds is 3. The highest BCUT2D eigenvalue weighted by molar-refractivity contribution is 9.10. The van der Waals surface area contributed by atoms with Crippen LogP contribution in [0.1, 0.15) is 5.56 Å². The monoisotopic (exact) mass is 436 g/mol. The molecule has 1 heterocycles. The van der Waals surface area contributed by atoms with Gasteiger partial charge in [0.2, 0.25) is 0 Å². The molecule has 0 spiro atoms. The van der Waals surface area contributed by atoms with Gasteiger partial charge in [0, 0.05) is 10.5 Å². The molecule has 0 radical (unpaired) electrons. The molecular weight excluding hydrogens is 428 g/mol. The van der Waals surface area contributed by atoms with E-state index in [0.29, 0.717) is 20.5 Å². The lowest BCUT2D eigenvalue weighted by Gasteiger charge is -2.14. The largest absolute Gasteiger partial charge is 0.502 e. The minimum Gasteiger partial charge on any atom is -0.502 e. The van der Waals surface area contributed by atoms with Crippen LogP contribution in [-0.2, 0) is 4.79 Å². The van der Waals surface area contributed by atoms with Gasteiger partial charge in [0.05, 0.1) is 15.5 Å². The first-order valence-corrected chi connectivity index (χ1v) is 8.89. The van der Waals surface area contributed by atoms with Crippen LogP contribution in [0.3, 0.4) is 0 Å². The molecule has 6 nitrogen and oxygen atoms in total. The van der Waals surface area contributed by atoms with Gasteiger partial charge in [-0.3, -0.25) is 19.8 Å². The second kappa shape index (κ2) is 6.95. The van der Waals surface area contributed by atoms with Crippen LogP contribution in [0.5, 0.6) is 5.75 Å². The molecule has 2 aromatic rings. The van der Waals surface area contributed by atoms with E-state index >= 15 is 0 Å². The number of carbonyl (C=O) groups is 1. The minimum absolute atomic E-state index is 0.302. The summed E-state index contributed by atoms with van der Waals surface area (Å²) in [5.74, 6) is -0.729. The van der Waals surface area contributed by atoms with Gasteiger partial charge in [0.25, 0.3) is 5.91 Å². The second-order valence-electron chi connectivity index (χ2n) is 5.00. The minimum atomic E-state index is -0.681. The molecule has 25 heavy (non-hydrogen) atoms. The summed E-state index contributed by atoms with van der Waals surface area (Å²) in [6, 6.07) is 11.1. The van der Waals surface area contributed by atoms with E-state index in [9.17, 15) is 20.0 Å². The standard InChI is InChI=1S/C16H9BrN2O4S2/c17-10-2-1-3-11(8-10)18-15(21)14(25-16(18)24)7-9-4-5-13(20)12(6-9)19(22)23/h1-8,20H/b14-7+. The van der Waals surface area contributed by atoms with E-state index in [-0.39, 0.29) is 5.91 Å². The van der Waals surface area contributed by atoms with Gasteiger partial charge in [-0.15, -0.1) is 0 Å². The van der Waals surface area contributed by atoms with Crippen molar-refractivity contribution in [3.05, 3.63) is 67.5 Å². The quantitative estimate of drug-likeness (QED) is 0.330. The Bertz CT molecular complexity index is 945. The van der Waals surface area contributed by atoms with Gasteiger partial charge in [-0.05, 0) is 35.9 Å². The molecule has 1 fully saturated rings. The third-order valence-electron chi connectivity index (χ3n) is 3.35. The van der Waals surface area contributed by atoms with Crippen LogP contribution < -0.4 is 4.90 Å². The first-order chi connectivity index (χ1) is 11.9. The predicted octanol–water partition coefficient (Wildman–Crippen LogP) is 4.47. The zero-order valence-corrected chi connectivity index (χ0v) is 15.6. The molecule has 3 rings (SSSR count). The van der Waals surface area contributed by atoms with E-state index in [1.807, 2.05) is 6.07 Å². The fourth-order valence-corrected chi connectivity index (χ4v) is 3.92. The van der Waals surface area contributed by atoms with Crippen molar-refractivity contribution >= 4 is 67.6 Å². The maximum absolute atomic E-state index is 12.7. The summed E-state index contributed by atoms with van der Waals surface area (Å²) in [7, 11) is 0. The van der Waals surface area contributed by atoms with Gasteiger partial charge in [-0.1, -0.05) is 52.0 Å². The number of thioether (sulfide) groups is 1. The van der Waals surface area contributed by atoms with Gasteiger partial charge < -0.3 is 5.11 Å². The number of anilines is 1. The topological polar surface area (TPSA) is 83.7 Å². The van der Waals surface area contributed by atoms with E-state index in [0.717, 1.165) is 16.2 Å². The lowest BCUT2D eigenvalue weighted by atomic mass is 10.1. The maximum Gasteiger partial charge on any atom is 0.311 e. The Hall–Kier alpha value is -2.23. The summed E-state index contributed by atoms with van der Waals surface area (Å²) in [6.45, 7) is 0. The van der Waals surface area contributed by atoms with Crippen molar-refractivity contribution < 1.29 is 14.8 Å². The number of amides is 1. The highest BCUT2D eigenvalue weighted by Crippen LogP contribution is 2.37. The smallest absolute Gasteiger partial charge is 0.311 e. The Morgan fingerprint density at radius 3 is 2.72 bits per heavy atom. The van der Waals surface area contributed by atoms with E-state index in [2.05, 4.69) is 15.9 Å². The summed E-state index contributed by atoms with van der Waals surface area (Å²) in [5.41, 5.74) is 0.646. The normalized spacial score (nSPS) is 15.9. The van der Waals surface area contributed by atoms with Crippen LogP contribution in [-0.4, -0.2) is 20.3 Å². The van der Waals surface area contributed by atoms with Crippen molar-refractivity contribution in [2.75, 3.05) is 4.90 Å². The highest BCUT2D eigenvalue weighted by atomic mass is 79.9. The molecule has 1 aliphatic heterocycles. The summed E-state index contributed by atoms with van der Waals surface area (Å²) >= 11 is 9.76. The van der Waals surface area contributed by atoms with Gasteiger partial charge in [0.1, 0.15) is 0 Å². The molecule has 0 bridgehead atoms. The van der Waals surface area contributed by atoms with Crippen LogP contribution >= 0.6 is 39.9 Å². The van der Waals surface area contributed by atoms with Crippen molar-refractivity contribution in [2.24, 2.45) is 0 Å². The molecule has 0 aliphatic carbocycles. The van der Waals surface area contributed by atoms with Crippen LogP contribution in [0.2, 0.25) is 0 Å². The number of hydrogen-bond donors (Lipinski definition) is 1. The van der Waals surface area contributed by atoms with Crippen molar-refractivity contribution in [2.45, 2.75) is 0 Å². The summed E-state index contributed by atoms with van der Waals surface area (Å²) in [5, 5.41) is 20.4. The first kappa shape index (κ1) is 17.6. The molecule has 1 saturated heterocycles. The number of nitro benzene ring substituents is 1. The molecular formula is C16H9BrN2O4S2. The fraction of sp³-hybridized carbons (Fsp3) is 0. The van der Waals surface area contributed by atoms with Crippen molar-refractivity contribution in [3.63, 3.8) is 0 Å². The van der Waals surface area contributed by atoms with Crippen LogP contribution in [0.15, 0.2) is 51.8 Å². The number of thiocarbonyl (C=S) groups is 1. The SMILES string of the molecule is O=C1/C(=C\c2ccc(O)c([N+](=O)[O-])c2)SC(=S)N1c1cccc(Br)c1. The second-order valence-corrected chi connectivity index (χ2v) is 7.59. The number of phenols is 1. The van der Waals surface area contributed by atoms with Crippen molar-refractivity contribution in [1.82, 2.24) is 0 Å². The molecule has 2 aromatic carbocycles. The van der Waals surface area contributed by atoms with Gasteiger partial charge in [-0.25, -0.2) is 0 Å². The number of nitrogens with zero attached hydrogens (tertiary/aromatic N) is 2. The molecule has 1 N–H and O–H groups in total. The van der Waals surface area contributed by atoms with E-state index in [1.54, 1.807) is 18.2 Å². The molecule has 0 saturated carbocycles. The first-order valence-electron chi connectivity index (χ1n) is 6.88. The Morgan fingerprint density at radius 1 is 1.28 bits per heavy atom. The number of hydrogen-bond acceptors (Lipinski definition) is 6. The average Bonchev–Trinajstić information content (AvgIpc) is 2.83. The number of nitro groups is 1. The molecule has 1 amide bonds. The number of carbonyl (C=O) groups excluding carboxylic acids is 1. The highest BCUT2D eigenvalue weighted by Gasteiger charge is 2.33. The molecule has 0 aromatic heterocycles. The number of phenolic OH excluding ortho intramolecular Hbond substituents is 1. The van der Waals surface area contributed by atoms with Crippen molar-refractivity contribution in [3.8, 4) is 5.75 Å². The van der Waals surface area contributed by atoms with Crippen molar-refractivity contribution in [1.29, 1.82) is 0 Å². The molecule has 1 aliphatic rings. The number of aromatic hydroxyl groups is 1. The Kier molecular flexibility index (Phi) is 4.89. The Morgan fingerprint density at radius 2 is 2.04 bits per heavy atom. The van der Waals surface area contributed by atoms with Gasteiger partial charge in [0.15, 0.2) is 10.1 Å². The summed E-state index contributed by atoms with van der Waals surface area (Å²) in [6.07, 6.45) is 1.52. The lowest BCUT2D eigenvalue weighted by Crippen LogP contribution is -2.27. The Balaban J connectivity index is 1.96. The van der Waals surface area contributed by atoms with Gasteiger partial charge in [-0.2, -0.15) is 0 Å². The van der Waals surface area contributed by atoms with E-state index in [4.69, 9.17) is 12.2 Å². The molecule has 0 atom stereocenters. The zero-order valence-electron chi connectivity index (χ0n) is 12.4. The lowest BCUT2D eigenvalue weighted by molar-refractivity contribution is -0.385. The third kappa shape index (κ3) is 3.58. The van der Waals surface area contributed by atoms with E-state index < -0.39 is 16.4 Å². The Labute approximate surface area is 160 Å². The van der Waals surface area contributed by atoms with Crippen LogP contribution in [0.4, 0.5) is 11.4 Å². The fourth-order valence-electron chi connectivity index (χ4n) is 2.23. The third-order valence-corrected chi connectivity index (χ3v) is 5.15. The zero-order chi connectivity index (χ0) is 18.1. The molecule has 9 heteroatoms. The molecule has 126 valence electrons. The average molecular weight is 437 g/mol. The predicted molar refractivity (Wildman–Crippen MR) is 105 cm³/mol. The summed E-state index contributed by atoms with van der Waals surface area (Å²) < 4.78 is 1.19. The van der Waals surface area contributed by atoms with Crippen LogP contribution in [0.25, 0.3) is 6.08 Å². The van der Waals surface area contributed by atoms with E-state index in [1.165, 1.54) is 29.2 Å². The maximum atomic E-state index is 12.7. The summed E-state index contributed by atoms with van der Waals surface area (Å²) in [4.78, 5) is 24.7.